The van der Waals surface area contributed by atoms with Crippen LogP contribution in [0.2, 0.25) is 0 Å². The maximum atomic E-state index is 7.53. The third-order valence-electron chi connectivity index (χ3n) is 2.94. The van der Waals surface area contributed by atoms with E-state index in [0.717, 1.165) is 26.1 Å². The zero-order valence-corrected chi connectivity index (χ0v) is 12.7. The van der Waals surface area contributed by atoms with Gasteiger partial charge in [-0.2, -0.15) is 0 Å². The highest BCUT2D eigenvalue weighted by molar-refractivity contribution is 7.20. The molecule has 0 bridgehead atoms. The Bertz CT molecular complexity index is 841. The van der Waals surface area contributed by atoms with E-state index in [4.69, 9.17) is 11.1 Å². The molecule has 2 aromatic carbocycles. The predicted octanol–water partition coefficient (Wildman–Crippen LogP) is 4.01. The standard InChI is InChI=1S/C17H12N2S.ClH/c18-17(19)16-11-14-13(7-4-8-15(14)20-16)10-9-12-5-2-1-3-6-12;/h1-8,11H,(H3,18,19);1H. The van der Waals surface area contributed by atoms with Gasteiger partial charge in [-0.15, -0.1) is 23.7 Å². The maximum absolute atomic E-state index is 7.53. The molecule has 2 nitrogen and oxygen atoms in total. The lowest BCUT2D eigenvalue weighted by Crippen LogP contribution is -2.08. The van der Waals surface area contributed by atoms with E-state index >= 15 is 0 Å². The Kier molecular flexibility index (Phi) is 4.64. The molecule has 104 valence electrons. The number of halogens is 1. The molecular formula is C17H13ClN2S. The van der Waals surface area contributed by atoms with Gasteiger partial charge in [0.1, 0.15) is 5.84 Å². The van der Waals surface area contributed by atoms with Gasteiger partial charge >= 0.3 is 0 Å². The first-order chi connectivity index (χ1) is 9.74. The summed E-state index contributed by atoms with van der Waals surface area (Å²) in [4.78, 5) is 0.786. The summed E-state index contributed by atoms with van der Waals surface area (Å²) in [7, 11) is 0. The molecule has 0 unspecified atom stereocenters. The quantitative estimate of drug-likeness (QED) is 0.398. The molecule has 0 amide bonds. The van der Waals surface area contributed by atoms with E-state index in [2.05, 4.69) is 11.8 Å². The molecule has 3 aromatic rings. The molecule has 0 spiro atoms. The van der Waals surface area contributed by atoms with Gasteiger partial charge in [0, 0.05) is 21.2 Å². The highest BCUT2D eigenvalue weighted by Gasteiger charge is 2.06. The number of nitrogens with one attached hydrogen (secondary N) is 1. The number of benzene rings is 2. The zero-order chi connectivity index (χ0) is 13.9. The van der Waals surface area contributed by atoms with Gasteiger partial charge in [0.2, 0.25) is 0 Å². The molecule has 3 N–H and O–H groups in total. The number of hydrogen-bond acceptors (Lipinski definition) is 2. The van der Waals surface area contributed by atoms with Crippen molar-refractivity contribution < 1.29 is 0 Å². The van der Waals surface area contributed by atoms with Crippen LogP contribution in [0, 0.1) is 17.3 Å². The van der Waals surface area contributed by atoms with Gasteiger partial charge in [-0.3, -0.25) is 5.41 Å². The van der Waals surface area contributed by atoms with Crippen LogP contribution in [0.5, 0.6) is 0 Å². The van der Waals surface area contributed by atoms with Crippen LogP contribution in [0.15, 0.2) is 54.6 Å². The lowest BCUT2D eigenvalue weighted by molar-refractivity contribution is 1.46. The number of rotatable bonds is 1. The lowest BCUT2D eigenvalue weighted by atomic mass is 10.1. The van der Waals surface area contributed by atoms with Crippen molar-refractivity contribution in [2.75, 3.05) is 0 Å². The fraction of sp³-hybridized carbons (Fsp3) is 0. The molecule has 0 aliphatic rings. The Balaban J connectivity index is 0.00000161. The first-order valence-corrected chi connectivity index (χ1v) is 7.00. The summed E-state index contributed by atoms with van der Waals surface area (Å²) >= 11 is 1.52. The lowest BCUT2D eigenvalue weighted by Gasteiger charge is -1.93. The summed E-state index contributed by atoms with van der Waals surface area (Å²) in [5, 5.41) is 8.59. The molecule has 0 atom stereocenters. The third kappa shape index (κ3) is 3.25. The van der Waals surface area contributed by atoms with Crippen LogP contribution in [-0.2, 0) is 0 Å². The van der Waals surface area contributed by atoms with E-state index in [1.54, 1.807) is 0 Å². The Morgan fingerprint density at radius 3 is 2.48 bits per heavy atom. The second kappa shape index (κ2) is 6.45. The van der Waals surface area contributed by atoms with E-state index < -0.39 is 0 Å². The third-order valence-corrected chi connectivity index (χ3v) is 4.08. The van der Waals surface area contributed by atoms with Crippen LogP contribution >= 0.6 is 23.7 Å². The molecule has 0 fully saturated rings. The second-order valence-corrected chi connectivity index (χ2v) is 5.44. The summed E-state index contributed by atoms with van der Waals surface area (Å²) in [6.07, 6.45) is 0. The van der Waals surface area contributed by atoms with Crippen LogP contribution in [0.1, 0.15) is 16.0 Å². The Hall–Kier alpha value is -2.28. The molecule has 21 heavy (non-hydrogen) atoms. The minimum absolute atomic E-state index is 0. The maximum Gasteiger partial charge on any atom is 0.133 e. The highest BCUT2D eigenvalue weighted by Crippen LogP contribution is 2.27. The molecule has 0 saturated carbocycles. The first kappa shape index (κ1) is 15.1. The molecule has 1 aromatic heterocycles. The molecule has 0 aliphatic carbocycles. The van der Waals surface area contributed by atoms with Crippen molar-refractivity contribution in [1.29, 1.82) is 5.41 Å². The number of amidine groups is 1. The monoisotopic (exact) mass is 312 g/mol. The van der Waals surface area contributed by atoms with E-state index in [9.17, 15) is 0 Å². The largest absolute Gasteiger partial charge is 0.383 e. The summed E-state index contributed by atoms with van der Waals surface area (Å²) in [5.74, 6) is 6.47. The number of hydrogen-bond donors (Lipinski definition) is 2. The van der Waals surface area contributed by atoms with Crippen LogP contribution in [-0.4, -0.2) is 5.84 Å². The average molecular weight is 313 g/mol. The van der Waals surface area contributed by atoms with Gasteiger partial charge < -0.3 is 5.73 Å². The Morgan fingerprint density at radius 2 is 1.76 bits per heavy atom. The van der Waals surface area contributed by atoms with Gasteiger partial charge in [0.05, 0.1) is 4.88 Å². The smallest absolute Gasteiger partial charge is 0.133 e. The fourth-order valence-corrected chi connectivity index (χ4v) is 2.91. The molecular weight excluding hydrogens is 300 g/mol. The number of nitrogen functional groups attached to an aromatic ring is 1. The van der Waals surface area contributed by atoms with Gasteiger partial charge in [-0.25, -0.2) is 0 Å². The molecule has 0 saturated heterocycles. The van der Waals surface area contributed by atoms with Crippen molar-refractivity contribution in [2.24, 2.45) is 5.73 Å². The minimum atomic E-state index is 0. The Labute approximate surface area is 133 Å². The van der Waals surface area contributed by atoms with Crippen LogP contribution < -0.4 is 5.73 Å². The van der Waals surface area contributed by atoms with E-state index in [1.807, 2.05) is 54.6 Å². The molecule has 4 heteroatoms. The van der Waals surface area contributed by atoms with E-state index in [0.29, 0.717) is 0 Å². The first-order valence-electron chi connectivity index (χ1n) is 6.18. The Morgan fingerprint density at radius 1 is 1.00 bits per heavy atom. The van der Waals surface area contributed by atoms with Crippen molar-refractivity contribution in [3.8, 4) is 11.8 Å². The van der Waals surface area contributed by atoms with Crippen molar-refractivity contribution in [3.63, 3.8) is 0 Å². The summed E-state index contributed by atoms with van der Waals surface area (Å²) in [5.41, 5.74) is 7.51. The van der Waals surface area contributed by atoms with Gasteiger partial charge in [-0.1, -0.05) is 36.1 Å². The average Bonchev–Trinajstić information content (AvgIpc) is 2.91. The van der Waals surface area contributed by atoms with Crippen molar-refractivity contribution in [2.45, 2.75) is 0 Å². The molecule has 0 aliphatic heterocycles. The summed E-state index contributed by atoms with van der Waals surface area (Å²) < 4.78 is 1.11. The normalized spacial score (nSPS) is 9.52. The summed E-state index contributed by atoms with van der Waals surface area (Å²) in [6.45, 7) is 0. The van der Waals surface area contributed by atoms with Gasteiger partial charge in [0.25, 0.3) is 0 Å². The van der Waals surface area contributed by atoms with Crippen LogP contribution in [0.4, 0.5) is 0 Å². The fourth-order valence-electron chi connectivity index (χ4n) is 1.96. The van der Waals surface area contributed by atoms with Crippen molar-refractivity contribution >= 4 is 39.7 Å². The summed E-state index contributed by atoms with van der Waals surface area (Å²) in [6, 6.07) is 17.9. The van der Waals surface area contributed by atoms with Gasteiger partial charge in [0.15, 0.2) is 0 Å². The van der Waals surface area contributed by atoms with Crippen LogP contribution in [0.3, 0.4) is 0 Å². The topological polar surface area (TPSA) is 49.9 Å². The van der Waals surface area contributed by atoms with Gasteiger partial charge in [-0.05, 0) is 30.3 Å². The highest BCUT2D eigenvalue weighted by atomic mass is 35.5. The number of nitrogens with two attached hydrogens (primary N) is 1. The van der Waals surface area contributed by atoms with E-state index in [1.165, 1.54) is 11.3 Å². The number of fused-ring (bicyclic) bond motifs is 1. The SMILES string of the molecule is Cl.N=C(N)c1cc2c(C#Cc3ccccc3)cccc2s1. The van der Waals surface area contributed by atoms with Crippen molar-refractivity contribution in [1.82, 2.24) is 0 Å². The number of thiophene rings is 1. The minimum Gasteiger partial charge on any atom is -0.383 e. The van der Waals surface area contributed by atoms with E-state index in [-0.39, 0.29) is 18.2 Å². The second-order valence-electron chi connectivity index (χ2n) is 4.36. The van der Waals surface area contributed by atoms with Crippen LogP contribution in [0.25, 0.3) is 10.1 Å². The molecule has 0 radical (unpaired) electrons. The molecule has 1 heterocycles. The van der Waals surface area contributed by atoms with Crippen molar-refractivity contribution in [3.05, 3.63) is 70.6 Å². The molecule has 3 rings (SSSR count). The predicted molar refractivity (Wildman–Crippen MR) is 92.5 cm³/mol. The zero-order valence-electron chi connectivity index (χ0n) is 11.1.